The molecule has 19 heavy (non-hydrogen) atoms. The molecule has 7 nitrogen and oxygen atoms in total. The van der Waals surface area contributed by atoms with Crippen LogP contribution < -0.4 is 5.32 Å². The molecule has 2 N–H and O–H groups in total. The summed E-state index contributed by atoms with van der Waals surface area (Å²) in [5.41, 5.74) is 0.109. The minimum Gasteiger partial charge on any atom is -0.480 e. The quantitative estimate of drug-likeness (QED) is 0.879. The maximum Gasteiger partial charge on any atom is 0.325 e. The molecule has 0 spiro atoms. The number of carboxylic acids is 1. The highest BCUT2D eigenvalue weighted by molar-refractivity contribution is 6.30. The molecular formula is C11H9ClN4O3. The number of carbonyl (C=O) groups is 2. The highest BCUT2D eigenvalue weighted by Gasteiger charge is 2.11. The van der Waals surface area contributed by atoms with Crippen LogP contribution in [-0.4, -0.2) is 31.7 Å². The number of pyridine rings is 1. The molecule has 1 amide bonds. The summed E-state index contributed by atoms with van der Waals surface area (Å²) < 4.78 is 1.16. The molecule has 2 rings (SSSR count). The molecule has 0 fully saturated rings. The number of nitrogens with one attached hydrogen (secondary N) is 1. The van der Waals surface area contributed by atoms with Crippen LogP contribution in [0.5, 0.6) is 0 Å². The number of carbonyl (C=O) groups excluding carboxylic acids is 1. The summed E-state index contributed by atoms with van der Waals surface area (Å²) in [6, 6.07) is 4.57. The van der Waals surface area contributed by atoms with Crippen LogP contribution in [-0.2, 0) is 11.3 Å². The van der Waals surface area contributed by atoms with Crippen molar-refractivity contribution in [1.82, 2.24) is 14.8 Å². The van der Waals surface area contributed by atoms with E-state index < -0.39 is 11.9 Å². The largest absolute Gasteiger partial charge is 0.480 e. The number of aromatic nitrogens is 3. The lowest BCUT2D eigenvalue weighted by Gasteiger charge is -2.01. The smallest absolute Gasteiger partial charge is 0.325 e. The van der Waals surface area contributed by atoms with Crippen molar-refractivity contribution < 1.29 is 14.7 Å². The fourth-order valence-electron chi connectivity index (χ4n) is 1.34. The summed E-state index contributed by atoms with van der Waals surface area (Å²) in [4.78, 5) is 26.2. The van der Waals surface area contributed by atoms with Crippen LogP contribution in [0.4, 0.5) is 5.82 Å². The number of rotatable bonds is 4. The highest BCUT2D eigenvalue weighted by atomic mass is 35.5. The van der Waals surface area contributed by atoms with Crippen LogP contribution >= 0.6 is 11.6 Å². The van der Waals surface area contributed by atoms with Gasteiger partial charge in [-0.2, -0.15) is 5.10 Å². The van der Waals surface area contributed by atoms with E-state index in [2.05, 4.69) is 15.4 Å². The van der Waals surface area contributed by atoms with E-state index in [4.69, 9.17) is 16.7 Å². The van der Waals surface area contributed by atoms with Gasteiger partial charge in [-0.1, -0.05) is 11.6 Å². The number of carboxylic acid groups (broad SMARTS) is 1. The van der Waals surface area contributed by atoms with Crippen LogP contribution in [0.2, 0.25) is 5.02 Å². The SMILES string of the molecule is O=C(O)Cn1ccc(C(=O)Nc2ccc(Cl)cn2)n1. The van der Waals surface area contributed by atoms with E-state index in [1.807, 2.05) is 0 Å². The molecule has 0 atom stereocenters. The fourth-order valence-corrected chi connectivity index (χ4v) is 1.45. The van der Waals surface area contributed by atoms with Crippen molar-refractivity contribution in [3.63, 3.8) is 0 Å². The van der Waals surface area contributed by atoms with Crippen LogP contribution in [0.1, 0.15) is 10.5 Å². The molecule has 2 heterocycles. The topological polar surface area (TPSA) is 97.1 Å². The van der Waals surface area contributed by atoms with Crippen molar-refractivity contribution >= 4 is 29.3 Å². The van der Waals surface area contributed by atoms with Crippen LogP contribution in [0.15, 0.2) is 30.6 Å². The van der Waals surface area contributed by atoms with E-state index in [9.17, 15) is 9.59 Å². The second-order valence-corrected chi connectivity index (χ2v) is 4.04. The van der Waals surface area contributed by atoms with Crippen LogP contribution in [0, 0.1) is 0 Å². The van der Waals surface area contributed by atoms with Crippen LogP contribution in [0.3, 0.4) is 0 Å². The summed E-state index contributed by atoms with van der Waals surface area (Å²) >= 11 is 5.67. The molecule has 0 aromatic carbocycles. The van der Waals surface area contributed by atoms with E-state index in [-0.39, 0.29) is 12.2 Å². The van der Waals surface area contributed by atoms with E-state index in [1.165, 1.54) is 18.5 Å². The number of hydrogen-bond acceptors (Lipinski definition) is 4. The van der Waals surface area contributed by atoms with Gasteiger partial charge in [-0.05, 0) is 18.2 Å². The van der Waals surface area contributed by atoms with Crippen molar-refractivity contribution in [1.29, 1.82) is 0 Å². The first-order valence-corrected chi connectivity index (χ1v) is 5.60. The van der Waals surface area contributed by atoms with Gasteiger partial charge >= 0.3 is 5.97 Å². The molecule has 0 aliphatic carbocycles. The van der Waals surface area contributed by atoms with Gasteiger partial charge in [0.25, 0.3) is 5.91 Å². The van der Waals surface area contributed by atoms with E-state index in [0.717, 1.165) is 4.68 Å². The zero-order chi connectivity index (χ0) is 13.8. The number of halogens is 1. The van der Waals surface area contributed by atoms with Gasteiger partial charge in [-0.25, -0.2) is 4.98 Å². The molecule has 0 bridgehead atoms. The first kappa shape index (κ1) is 13.0. The summed E-state index contributed by atoms with van der Waals surface area (Å²) in [6.45, 7) is -0.299. The molecule has 0 saturated heterocycles. The molecule has 0 radical (unpaired) electrons. The molecule has 98 valence electrons. The first-order chi connectivity index (χ1) is 9.04. The Kier molecular flexibility index (Phi) is 3.76. The summed E-state index contributed by atoms with van der Waals surface area (Å²) in [6.07, 6.45) is 2.82. The Morgan fingerprint density at radius 1 is 1.37 bits per heavy atom. The molecule has 0 aliphatic heterocycles. The third kappa shape index (κ3) is 3.52. The van der Waals surface area contributed by atoms with Gasteiger partial charge < -0.3 is 10.4 Å². The Bertz CT molecular complexity index is 609. The monoisotopic (exact) mass is 280 g/mol. The lowest BCUT2D eigenvalue weighted by atomic mass is 10.4. The van der Waals surface area contributed by atoms with Gasteiger partial charge in [0.15, 0.2) is 5.69 Å². The molecule has 0 aliphatic rings. The third-order valence-electron chi connectivity index (χ3n) is 2.14. The Morgan fingerprint density at radius 2 is 2.16 bits per heavy atom. The minimum atomic E-state index is -1.03. The van der Waals surface area contributed by atoms with Gasteiger partial charge in [0.05, 0.1) is 5.02 Å². The third-order valence-corrected chi connectivity index (χ3v) is 2.36. The van der Waals surface area contributed by atoms with Crippen molar-refractivity contribution in [2.75, 3.05) is 5.32 Å². The van der Waals surface area contributed by atoms with E-state index in [0.29, 0.717) is 10.8 Å². The second kappa shape index (κ2) is 5.49. The van der Waals surface area contributed by atoms with Gasteiger partial charge in [-0.3, -0.25) is 14.3 Å². The Hall–Kier alpha value is -2.41. The normalized spacial score (nSPS) is 10.2. The molecule has 2 aromatic rings. The number of hydrogen-bond donors (Lipinski definition) is 2. The lowest BCUT2D eigenvalue weighted by Crippen LogP contribution is -2.15. The molecule has 0 saturated carbocycles. The average Bonchev–Trinajstić information content (AvgIpc) is 2.80. The summed E-state index contributed by atoms with van der Waals surface area (Å²) in [7, 11) is 0. The standard InChI is InChI=1S/C11H9ClN4O3/c12-7-1-2-9(13-5-7)14-11(19)8-3-4-16(15-8)6-10(17)18/h1-5H,6H2,(H,17,18)(H,13,14,19). The van der Waals surface area contributed by atoms with Crippen molar-refractivity contribution in [2.45, 2.75) is 6.54 Å². The highest BCUT2D eigenvalue weighted by Crippen LogP contribution is 2.10. The summed E-state index contributed by atoms with van der Waals surface area (Å²) in [5, 5.41) is 15.4. The Morgan fingerprint density at radius 3 is 2.79 bits per heavy atom. The van der Waals surface area contributed by atoms with Gasteiger partial charge in [-0.15, -0.1) is 0 Å². The van der Waals surface area contributed by atoms with Crippen molar-refractivity contribution in [3.8, 4) is 0 Å². The average molecular weight is 281 g/mol. The second-order valence-electron chi connectivity index (χ2n) is 3.61. The van der Waals surface area contributed by atoms with Gasteiger partial charge in [0.2, 0.25) is 0 Å². The van der Waals surface area contributed by atoms with Gasteiger partial charge in [0, 0.05) is 12.4 Å². The Labute approximate surface area is 112 Å². The number of aliphatic carboxylic acids is 1. The van der Waals surface area contributed by atoms with Gasteiger partial charge in [0.1, 0.15) is 12.4 Å². The minimum absolute atomic E-state index is 0.109. The maximum absolute atomic E-state index is 11.8. The predicted octanol–water partition coefficient (Wildman–Crippen LogP) is 1.27. The number of amides is 1. The molecule has 0 unspecified atom stereocenters. The van der Waals surface area contributed by atoms with E-state index >= 15 is 0 Å². The lowest BCUT2D eigenvalue weighted by molar-refractivity contribution is -0.137. The Balaban J connectivity index is 2.05. The zero-order valence-electron chi connectivity index (χ0n) is 9.58. The predicted molar refractivity (Wildman–Crippen MR) is 67.1 cm³/mol. The van der Waals surface area contributed by atoms with Crippen LogP contribution in [0.25, 0.3) is 0 Å². The number of anilines is 1. The van der Waals surface area contributed by atoms with E-state index in [1.54, 1.807) is 12.1 Å². The first-order valence-electron chi connectivity index (χ1n) is 5.23. The van der Waals surface area contributed by atoms with Crippen molar-refractivity contribution in [3.05, 3.63) is 41.3 Å². The number of nitrogens with zero attached hydrogens (tertiary/aromatic N) is 3. The maximum atomic E-state index is 11.8. The van der Waals surface area contributed by atoms with Crippen molar-refractivity contribution in [2.24, 2.45) is 0 Å². The molecule has 8 heteroatoms. The zero-order valence-corrected chi connectivity index (χ0v) is 10.3. The fraction of sp³-hybridized carbons (Fsp3) is 0.0909. The summed E-state index contributed by atoms with van der Waals surface area (Å²) in [5.74, 6) is -1.17. The molecule has 2 aromatic heterocycles. The molecular weight excluding hydrogens is 272 g/mol.